The molecule has 0 amide bonds. The van der Waals surface area contributed by atoms with E-state index < -0.39 is 0 Å². The van der Waals surface area contributed by atoms with Gasteiger partial charge in [-0.05, 0) is 90.4 Å². The molecular formula is C34H59N3O. The highest BCUT2D eigenvalue weighted by atomic mass is 16.5. The molecule has 0 saturated carbocycles. The molecule has 0 fully saturated rings. The maximum Gasteiger partial charge on any atom is 0.213 e. The zero-order valence-electron chi connectivity index (χ0n) is 26.9. The topological polar surface area (TPSA) is 37.7 Å². The van der Waals surface area contributed by atoms with Crippen molar-refractivity contribution in [3.8, 4) is 5.88 Å². The lowest BCUT2D eigenvalue weighted by Crippen LogP contribution is -2.19. The van der Waals surface area contributed by atoms with Crippen molar-refractivity contribution >= 4 is 11.3 Å². The predicted octanol–water partition coefficient (Wildman–Crippen LogP) is 9.97. The summed E-state index contributed by atoms with van der Waals surface area (Å²) in [6, 6.07) is 12.3. The number of rotatable bonds is 10. The molecule has 2 rings (SSSR count). The van der Waals surface area contributed by atoms with E-state index in [9.17, 15) is 0 Å². The first-order chi connectivity index (χ1) is 18.2. The lowest BCUT2D eigenvalue weighted by atomic mass is 10.1. The van der Waals surface area contributed by atoms with Gasteiger partial charge in [-0.3, -0.25) is 4.99 Å². The second-order valence-electron chi connectivity index (χ2n) is 8.61. The van der Waals surface area contributed by atoms with Crippen LogP contribution in [0.1, 0.15) is 98.3 Å². The number of aromatic nitrogens is 1. The second-order valence-corrected chi connectivity index (χ2v) is 8.61. The van der Waals surface area contributed by atoms with E-state index in [-0.39, 0.29) is 0 Å². The Balaban J connectivity index is -0.000000509. The molecule has 2 aromatic rings. The molecule has 0 saturated heterocycles. The molecule has 0 radical (unpaired) electrons. The van der Waals surface area contributed by atoms with Crippen LogP contribution in [0, 0.1) is 13.8 Å². The van der Waals surface area contributed by atoms with Gasteiger partial charge in [0.2, 0.25) is 5.88 Å². The SMILES string of the molecule is C=C(/C=C\N=C(C)C)c1ccc(OCCC)nc1.CC.CC.CCCN(C)CCC.Cc1ccc(C)cc1. The number of hydrogen-bond acceptors (Lipinski definition) is 4. The fourth-order valence-corrected chi connectivity index (χ4v) is 2.75. The number of pyridine rings is 1. The molecule has 0 N–H and O–H groups in total. The van der Waals surface area contributed by atoms with Crippen LogP contribution in [0.5, 0.6) is 5.88 Å². The van der Waals surface area contributed by atoms with Crippen molar-refractivity contribution in [1.82, 2.24) is 9.88 Å². The molecule has 0 spiro atoms. The van der Waals surface area contributed by atoms with Crippen molar-refractivity contribution in [3.05, 3.63) is 78.1 Å². The average molecular weight is 526 g/mol. The molecule has 4 nitrogen and oxygen atoms in total. The first-order valence-electron chi connectivity index (χ1n) is 14.4. The van der Waals surface area contributed by atoms with Crippen LogP contribution in [0.25, 0.3) is 5.57 Å². The van der Waals surface area contributed by atoms with Gasteiger partial charge in [0.25, 0.3) is 0 Å². The quantitative estimate of drug-likeness (QED) is 0.229. The van der Waals surface area contributed by atoms with Crippen molar-refractivity contribution in [2.75, 3.05) is 26.7 Å². The molecule has 1 aromatic carbocycles. The molecule has 216 valence electrons. The fraction of sp³-hybridized carbons (Fsp3) is 0.529. The van der Waals surface area contributed by atoms with Crippen LogP contribution in [0.3, 0.4) is 0 Å². The third-order valence-corrected chi connectivity index (χ3v) is 4.60. The predicted molar refractivity (Wildman–Crippen MR) is 174 cm³/mol. The minimum absolute atomic E-state index is 0.653. The zero-order chi connectivity index (χ0) is 29.8. The van der Waals surface area contributed by atoms with E-state index in [1.165, 1.54) is 37.1 Å². The Hall–Kier alpha value is -2.72. The van der Waals surface area contributed by atoms with Gasteiger partial charge < -0.3 is 9.64 Å². The second kappa shape index (κ2) is 28.8. The van der Waals surface area contributed by atoms with Gasteiger partial charge in [0.05, 0.1) is 6.61 Å². The van der Waals surface area contributed by atoms with Crippen LogP contribution in [0.4, 0.5) is 0 Å². The van der Waals surface area contributed by atoms with Crippen molar-refractivity contribution in [3.63, 3.8) is 0 Å². The summed E-state index contributed by atoms with van der Waals surface area (Å²) in [5, 5.41) is 0. The molecule has 0 aliphatic carbocycles. The first kappa shape index (κ1) is 39.8. The van der Waals surface area contributed by atoms with E-state index in [1.54, 1.807) is 12.4 Å². The lowest BCUT2D eigenvalue weighted by Gasteiger charge is -2.12. The summed E-state index contributed by atoms with van der Waals surface area (Å²) in [5.41, 5.74) is 5.53. The molecule has 38 heavy (non-hydrogen) atoms. The molecule has 0 aliphatic heterocycles. The van der Waals surface area contributed by atoms with Crippen LogP contribution < -0.4 is 4.74 Å². The molecule has 1 aromatic heterocycles. The van der Waals surface area contributed by atoms with Crippen LogP contribution in [0.15, 0.2) is 66.4 Å². The van der Waals surface area contributed by atoms with Gasteiger partial charge in [-0.25, -0.2) is 4.98 Å². The van der Waals surface area contributed by atoms with Crippen molar-refractivity contribution < 1.29 is 4.74 Å². The Morgan fingerprint density at radius 3 is 1.74 bits per heavy atom. The Morgan fingerprint density at radius 1 is 0.868 bits per heavy atom. The van der Waals surface area contributed by atoms with Gasteiger partial charge in [0.1, 0.15) is 0 Å². The summed E-state index contributed by atoms with van der Waals surface area (Å²) in [6.45, 7) is 29.8. The van der Waals surface area contributed by atoms with Gasteiger partial charge in [-0.15, -0.1) is 0 Å². The molecule has 4 heteroatoms. The number of nitrogens with zero attached hydrogens (tertiary/aromatic N) is 3. The minimum Gasteiger partial charge on any atom is -0.478 e. The number of allylic oxidation sites excluding steroid dienone is 2. The third kappa shape index (κ3) is 25.0. The van der Waals surface area contributed by atoms with E-state index in [0.29, 0.717) is 12.5 Å². The maximum atomic E-state index is 5.42. The molecule has 0 atom stereocenters. The van der Waals surface area contributed by atoms with E-state index in [4.69, 9.17) is 4.74 Å². The minimum atomic E-state index is 0.653. The monoisotopic (exact) mass is 525 g/mol. The van der Waals surface area contributed by atoms with Crippen LogP contribution in [-0.4, -0.2) is 42.3 Å². The normalized spacial score (nSPS) is 9.39. The Kier molecular flexibility index (Phi) is 30.2. The van der Waals surface area contributed by atoms with E-state index in [2.05, 4.69) is 87.4 Å². The summed E-state index contributed by atoms with van der Waals surface area (Å²) >= 11 is 0. The van der Waals surface area contributed by atoms with Gasteiger partial charge in [-0.1, -0.05) is 90.4 Å². The molecule has 1 heterocycles. The summed E-state index contributed by atoms with van der Waals surface area (Å²) < 4.78 is 5.42. The maximum absolute atomic E-state index is 5.42. The largest absolute Gasteiger partial charge is 0.478 e. The van der Waals surface area contributed by atoms with Crippen molar-refractivity contribution in [1.29, 1.82) is 0 Å². The van der Waals surface area contributed by atoms with Crippen LogP contribution in [-0.2, 0) is 0 Å². The summed E-state index contributed by atoms with van der Waals surface area (Å²) in [4.78, 5) is 10.8. The smallest absolute Gasteiger partial charge is 0.213 e. The zero-order valence-corrected chi connectivity index (χ0v) is 26.9. The highest BCUT2D eigenvalue weighted by Crippen LogP contribution is 2.15. The number of aryl methyl sites for hydroxylation is 2. The van der Waals surface area contributed by atoms with Gasteiger partial charge in [0, 0.05) is 24.2 Å². The number of benzene rings is 1. The Labute approximate surface area is 237 Å². The Bertz CT molecular complexity index is 806. The summed E-state index contributed by atoms with van der Waals surface area (Å²) in [6.07, 6.45) is 8.91. The number of hydrogen-bond donors (Lipinski definition) is 0. The summed E-state index contributed by atoms with van der Waals surface area (Å²) in [5.74, 6) is 0.653. The van der Waals surface area contributed by atoms with Gasteiger partial charge in [0.15, 0.2) is 0 Å². The van der Waals surface area contributed by atoms with Crippen molar-refractivity contribution in [2.24, 2.45) is 4.99 Å². The van der Waals surface area contributed by atoms with Gasteiger partial charge in [-0.2, -0.15) is 0 Å². The highest BCUT2D eigenvalue weighted by Gasteiger charge is 1.98. The third-order valence-electron chi connectivity index (χ3n) is 4.60. The average Bonchev–Trinajstić information content (AvgIpc) is 2.92. The molecule has 0 bridgehead atoms. The fourth-order valence-electron chi connectivity index (χ4n) is 2.75. The van der Waals surface area contributed by atoms with E-state index >= 15 is 0 Å². The standard InChI is InChI=1S/C15H20N2O.C8H10.C7H17N.2C2H6/c1-5-10-18-15-7-6-14(11-17-15)13(4)8-9-16-12(2)3;1-7-3-5-8(2)6-4-7;1-4-6-8(3)7-5-2;2*1-2/h6-9,11H,4-5,10H2,1-3H3;3-6H,1-2H3;4-7H2,1-3H3;2*1-2H3/b9-8-;;;;. The number of ether oxygens (including phenoxy) is 1. The Morgan fingerprint density at radius 2 is 1.37 bits per heavy atom. The van der Waals surface area contributed by atoms with Crippen LogP contribution in [0.2, 0.25) is 0 Å². The van der Waals surface area contributed by atoms with Crippen molar-refractivity contribution in [2.45, 2.75) is 95.4 Å². The first-order valence-corrected chi connectivity index (χ1v) is 14.4. The molecule has 0 aliphatic rings. The van der Waals surface area contributed by atoms with E-state index in [1.807, 2.05) is 59.8 Å². The lowest BCUT2D eigenvalue weighted by molar-refractivity contribution is 0.305. The van der Waals surface area contributed by atoms with Crippen LogP contribution >= 0.6 is 0 Å². The molecular weight excluding hydrogens is 466 g/mol. The summed E-state index contributed by atoms with van der Waals surface area (Å²) in [7, 11) is 2.17. The van der Waals surface area contributed by atoms with Gasteiger partial charge >= 0.3 is 0 Å². The number of aliphatic imine (C=N–C) groups is 1. The molecule has 0 unspecified atom stereocenters. The highest BCUT2D eigenvalue weighted by molar-refractivity contribution is 5.80. The van der Waals surface area contributed by atoms with E-state index in [0.717, 1.165) is 23.3 Å².